The average molecular weight is 314 g/mol. The number of nitrogens with zero attached hydrogens (tertiary/aromatic N) is 3. The van der Waals surface area contributed by atoms with Gasteiger partial charge in [0.05, 0.1) is 5.52 Å². The summed E-state index contributed by atoms with van der Waals surface area (Å²) >= 11 is 0. The van der Waals surface area contributed by atoms with Crippen molar-refractivity contribution in [1.82, 2.24) is 20.0 Å². The summed E-state index contributed by atoms with van der Waals surface area (Å²) in [7, 11) is 0. The molecule has 23 heavy (non-hydrogen) atoms. The lowest BCUT2D eigenvalue weighted by Crippen LogP contribution is -2.51. The second kappa shape index (κ2) is 6.40. The van der Waals surface area contributed by atoms with E-state index in [1.54, 1.807) is 4.90 Å². The minimum absolute atomic E-state index is 0.0486. The number of carbonyl (C=O) groups is 2. The minimum atomic E-state index is -0.0712. The molecule has 2 amide bonds. The molecule has 1 aromatic heterocycles. The highest BCUT2D eigenvalue weighted by molar-refractivity contribution is 6.04. The Morgan fingerprint density at radius 2 is 1.83 bits per heavy atom. The summed E-state index contributed by atoms with van der Waals surface area (Å²) in [5.41, 5.74) is 1.32. The standard InChI is InChI=1S/C17H22N4O2/c1-3-12(2)16(22)20-8-10-21(11-9-20)17(23)15-13-6-4-5-7-14(13)18-19-15/h4-7,12H,3,8-11H2,1-2H3,(H,18,19)/t12-/m1/s1. The van der Waals surface area contributed by atoms with Crippen molar-refractivity contribution in [2.75, 3.05) is 26.2 Å². The van der Waals surface area contributed by atoms with Gasteiger partial charge in [-0.1, -0.05) is 32.0 Å². The summed E-state index contributed by atoms with van der Waals surface area (Å²) in [5.74, 6) is 0.162. The summed E-state index contributed by atoms with van der Waals surface area (Å²) < 4.78 is 0. The van der Waals surface area contributed by atoms with Crippen molar-refractivity contribution in [3.8, 4) is 0 Å². The lowest BCUT2D eigenvalue weighted by Gasteiger charge is -2.35. The fraction of sp³-hybridized carbons (Fsp3) is 0.471. The first-order valence-electron chi connectivity index (χ1n) is 8.13. The van der Waals surface area contributed by atoms with Gasteiger partial charge in [0.2, 0.25) is 5.91 Å². The quantitative estimate of drug-likeness (QED) is 0.940. The number of para-hydroxylation sites is 1. The van der Waals surface area contributed by atoms with Gasteiger partial charge in [0.1, 0.15) is 0 Å². The van der Waals surface area contributed by atoms with Gasteiger partial charge in [0.25, 0.3) is 5.91 Å². The van der Waals surface area contributed by atoms with Crippen molar-refractivity contribution in [3.05, 3.63) is 30.0 Å². The predicted octanol–water partition coefficient (Wildman–Crippen LogP) is 1.89. The van der Waals surface area contributed by atoms with Crippen LogP contribution in [-0.2, 0) is 4.79 Å². The maximum Gasteiger partial charge on any atom is 0.275 e. The van der Waals surface area contributed by atoms with E-state index in [4.69, 9.17) is 0 Å². The van der Waals surface area contributed by atoms with E-state index in [1.165, 1.54) is 0 Å². The molecule has 1 aliphatic heterocycles. The second-order valence-electron chi connectivity index (χ2n) is 6.04. The van der Waals surface area contributed by atoms with Crippen LogP contribution in [0.4, 0.5) is 0 Å². The molecule has 2 heterocycles. The first-order valence-corrected chi connectivity index (χ1v) is 8.13. The lowest BCUT2D eigenvalue weighted by molar-refractivity contribution is -0.136. The molecule has 6 heteroatoms. The van der Waals surface area contributed by atoms with E-state index in [2.05, 4.69) is 10.2 Å². The van der Waals surface area contributed by atoms with Gasteiger partial charge in [0, 0.05) is 37.5 Å². The topological polar surface area (TPSA) is 69.3 Å². The smallest absolute Gasteiger partial charge is 0.275 e. The molecule has 6 nitrogen and oxygen atoms in total. The van der Waals surface area contributed by atoms with Gasteiger partial charge < -0.3 is 9.80 Å². The average Bonchev–Trinajstić information content (AvgIpc) is 3.04. The maximum absolute atomic E-state index is 12.7. The monoisotopic (exact) mass is 314 g/mol. The number of fused-ring (bicyclic) bond motifs is 1. The third kappa shape index (κ3) is 2.93. The van der Waals surface area contributed by atoms with E-state index in [-0.39, 0.29) is 17.7 Å². The third-order valence-corrected chi connectivity index (χ3v) is 4.59. The van der Waals surface area contributed by atoms with Crippen LogP contribution in [0.3, 0.4) is 0 Å². The highest BCUT2D eigenvalue weighted by atomic mass is 16.2. The van der Waals surface area contributed by atoms with Crippen LogP contribution in [-0.4, -0.2) is 58.0 Å². The van der Waals surface area contributed by atoms with Crippen LogP contribution in [0.1, 0.15) is 30.8 Å². The molecule has 3 rings (SSSR count). The van der Waals surface area contributed by atoms with Crippen molar-refractivity contribution in [2.24, 2.45) is 5.92 Å². The number of aromatic amines is 1. The molecule has 1 aliphatic rings. The highest BCUT2D eigenvalue weighted by Crippen LogP contribution is 2.18. The number of benzene rings is 1. The number of rotatable bonds is 3. The van der Waals surface area contributed by atoms with E-state index in [0.717, 1.165) is 17.3 Å². The molecule has 1 saturated heterocycles. The Morgan fingerprint density at radius 1 is 1.17 bits per heavy atom. The molecular formula is C17H22N4O2. The number of H-pyrrole nitrogens is 1. The molecule has 0 saturated carbocycles. The first kappa shape index (κ1) is 15.5. The zero-order valence-electron chi connectivity index (χ0n) is 13.6. The molecule has 0 unspecified atom stereocenters. The van der Waals surface area contributed by atoms with E-state index in [1.807, 2.05) is 43.0 Å². The largest absolute Gasteiger partial charge is 0.339 e. The Morgan fingerprint density at radius 3 is 2.52 bits per heavy atom. The van der Waals surface area contributed by atoms with Crippen LogP contribution in [0.2, 0.25) is 0 Å². The molecule has 1 aromatic carbocycles. The van der Waals surface area contributed by atoms with E-state index >= 15 is 0 Å². The molecule has 2 aromatic rings. The van der Waals surface area contributed by atoms with Crippen LogP contribution in [0.25, 0.3) is 10.9 Å². The summed E-state index contributed by atoms with van der Waals surface area (Å²) in [6, 6.07) is 7.61. The van der Waals surface area contributed by atoms with Crippen LogP contribution in [0.5, 0.6) is 0 Å². The van der Waals surface area contributed by atoms with Crippen molar-refractivity contribution >= 4 is 22.7 Å². The molecule has 0 radical (unpaired) electrons. The number of piperazine rings is 1. The lowest BCUT2D eigenvalue weighted by atomic mass is 10.1. The van der Waals surface area contributed by atoms with Gasteiger partial charge in [-0.3, -0.25) is 14.7 Å². The normalized spacial score (nSPS) is 16.6. The number of amides is 2. The molecule has 0 spiro atoms. The molecule has 1 atom stereocenters. The van der Waals surface area contributed by atoms with Crippen LogP contribution >= 0.6 is 0 Å². The Bertz CT molecular complexity index is 716. The SMILES string of the molecule is CC[C@@H](C)C(=O)N1CCN(C(=O)c2n[nH]c3ccccc23)CC1. The Kier molecular flexibility index (Phi) is 4.32. The number of nitrogens with one attached hydrogen (secondary N) is 1. The number of hydrogen-bond acceptors (Lipinski definition) is 3. The van der Waals surface area contributed by atoms with Gasteiger partial charge >= 0.3 is 0 Å². The summed E-state index contributed by atoms with van der Waals surface area (Å²) in [4.78, 5) is 28.5. The molecule has 0 bridgehead atoms. The fourth-order valence-corrected chi connectivity index (χ4v) is 2.89. The Balaban J connectivity index is 1.68. The maximum atomic E-state index is 12.7. The number of hydrogen-bond donors (Lipinski definition) is 1. The van der Waals surface area contributed by atoms with Gasteiger partial charge in [-0.2, -0.15) is 5.10 Å². The van der Waals surface area contributed by atoms with Crippen molar-refractivity contribution < 1.29 is 9.59 Å². The molecular weight excluding hydrogens is 292 g/mol. The molecule has 0 aliphatic carbocycles. The molecule has 1 N–H and O–H groups in total. The van der Waals surface area contributed by atoms with Crippen LogP contribution < -0.4 is 0 Å². The van der Waals surface area contributed by atoms with Gasteiger partial charge in [0.15, 0.2) is 5.69 Å². The summed E-state index contributed by atoms with van der Waals surface area (Å²) in [6.45, 7) is 6.28. The van der Waals surface area contributed by atoms with Gasteiger partial charge in [-0.25, -0.2) is 0 Å². The predicted molar refractivity (Wildman–Crippen MR) is 88.0 cm³/mol. The highest BCUT2D eigenvalue weighted by Gasteiger charge is 2.28. The Hall–Kier alpha value is -2.37. The summed E-state index contributed by atoms with van der Waals surface area (Å²) in [5, 5.41) is 7.91. The molecule has 122 valence electrons. The van der Waals surface area contributed by atoms with E-state index < -0.39 is 0 Å². The second-order valence-corrected chi connectivity index (χ2v) is 6.04. The van der Waals surface area contributed by atoms with E-state index in [0.29, 0.717) is 31.9 Å². The number of aromatic nitrogens is 2. The first-order chi connectivity index (χ1) is 11.1. The van der Waals surface area contributed by atoms with Crippen molar-refractivity contribution in [3.63, 3.8) is 0 Å². The summed E-state index contributed by atoms with van der Waals surface area (Å²) in [6.07, 6.45) is 0.844. The van der Waals surface area contributed by atoms with Crippen LogP contribution in [0, 0.1) is 5.92 Å². The van der Waals surface area contributed by atoms with Gasteiger partial charge in [-0.05, 0) is 12.5 Å². The zero-order chi connectivity index (χ0) is 16.4. The molecule has 1 fully saturated rings. The van der Waals surface area contributed by atoms with E-state index in [9.17, 15) is 9.59 Å². The minimum Gasteiger partial charge on any atom is -0.339 e. The fourth-order valence-electron chi connectivity index (χ4n) is 2.89. The van der Waals surface area contributed by atoms with Crippen molar-refractivity contribution in [2.45, 2.75) is 20.3 Å². The zero-order valence-corrected chi connectivity index (χ0v) is 13.6. The number of carbonyl (C=O) groups excluding carboxylic acids is 2. The third-order valence-electron chi connectivity index (χ3n) is 4.59. The van der Waals surface area contributed by atoms with Gasteiger partial charge in [-0.15, -0.1) is 0 Å². The Labute approximate surface area is 135 Å². The van der Waals surface area contributed by atoms with Crippen LogP contribution in [0.15, 0.2) is 24.3 Å². The van der Waals surface area contributed by atoms with Crippen molar-refractivity contribution in [1.29, 1.82) is 0 Å².